The Morgan fingerprint density at radius 1 is 1.21 bits per heavy atom. The summed E-state index contributed by atoms with van der Waals surface area (Å²) < 4.78 is 14.0. The van der Waals surface area contributed by atoms with Crippen LogP contribution in [0.2, 0.25) is 5.02 Å². The second-order valence-corrected chi connectivity index (χ2v) is 5.38. The zero-order chi connectivity index (χ0) is 13.4. The molecule has 1 aliphatic carbocycles. The lowest BCUT2D eigenvalue weighted by Crippen LogP contribution is -2.04. The minimum atomic E-state index is -0.303. The zero-order valence-electron chi connectivity index (χ0n) is 10.9. The van der Waals surface area contributed by atoms with Crippen LogP contribution in [0.25, 0.3) is 10.9 Å². The van der Waals surface area contributed by atoms with Crippen molar-refractivity contribution in [2.24, 2.45) is 0 Å². The maximum Gasteiger partial charge on any atom is 0.149 e. The predicted octanol–water partition coefficient (Wildman–Crippen LogP) is 4.34. The van der Waals surface area contributed by atoms with Gasteiger partial charge in [0, 0.05) is 23.8 Å². The van der Waals surface area contributed by atoms with E-state index >= 15 is 0 Å². The first-order valence-electron chi connectivity index (χ1n) is 6.69. The molecule has 1 N–H and O–H groups in total. The predicted molar refractivity (Wildman–Crippen MR) is 77.5 cm³/mol. The molecule has 0 amide bonds. The number of nitrogens with zero attached hydrogens (tertiary/aromatic N) is 1. The van der Waals surface area contributed by atoms with Gasteiger partial charge in [-0.15, -0.1) is 0 Å². The lowest BCUT2D eigenvalue weighted by molar-refractivity contribution is 0.636. The highest BCUT2D eigenvalue weighted by Gasteiger charge is 2.19. The van der Waals surface area contributed by atoms with Crippen molar-refractivity contribution in [3.05, 3.63) is 34.2 Å². The van der Waals surface area contributed by atoms with Crippen LogP contribution in [0.5, 0.6) is 0 Å². The molecule has 0 atom stereocenters. The summed E-state index contributed by atoms with van der Waals surface area (Å²) in [5.41, 5.74) is 3.57. The standard InChI is InChI=1S/C15H16ClFN2/c1-18-14-9-5-3-2-4-6-12(9)19-15-11(17)8-7-10(16)13(14)15/h7-8H,2-6H2,1H3,(H,18,19). The summed E-state index contributed by atoms with van der Waals surface area (Å²) in [7, 11) is 1.86. The smallest absolute Gasteiger partial charge is 0.149 e. The Morgan fingerprint density at radius 2 is 2.00 bits per heavy atom. The number of hydrogen-bond acceptors (Lipinski definition) is 2. The first kappa shape index (κ1) is 12.7. The van der Waals surface area contributed by atoms with Crippen molar-refractivity contribution < 1.29 is 4.39 Å². The summed E-state index contributed by atoms with van der Waals surface area (Å²) >= 11 is 6.25. The lowest BCUT2D eigenvalue weighted by atomic mass is 10.0. The summed E-state index contributed by atoms with van der Waals surface area (Å²) in [6.07, 6.45) is 5.39. The Morgan fingerprint density at radius 3 is 2.79 bits per heavy atom. The molecule has 0 fully saturated rings. The molecule has 0 radical (unpaired) electrons. The number of anilines is 1. The third-order valence-corrected chi connectivity index (χ3v) is 4.13. The molecule has 1 heterocycles. The highest BCUT2D eigenvalue weighted by Crippen LogP contribution is 2.37. The fourth-order valence-electron chi connectivity index (χ4n) is 2.91. The number of benzene rings is 1. The summed E-state index contributed by atoms with van der Waals surface area (Å²) in [4.78, 5) is 4.55. The van der Waals surface area contributed by atoms with Crippen molar-refractivity contribution in [3.63, 3.8) is 0 Å². The highest BCUT2D eigenvalue weighted by atomic mass is 35.5. The first-order valence-corrected chi connectivity index (χ1v) is 7.07. The number of pyridine rings is 1. The lowest BCUT2D eigenvalue weighted by Gasteiger charge is -2.16. The summed E-state index contributed by atoms with van der Waals surface area (Å²) in [6, 6.07) is 2.99. The molecule has 19 heavy (non-hydrogen) atoms. The largest absolute Gasteiger partial charge is 0.387 e. The van der Waals surface area contributed by atoms with Crippen LogP contribution in [0.3, 0.4) is 0 Å². The van der Waals surface area contributed by atoms with E-state index in [4.69, 9.17) is 11.6 Å². The van der Waals surface area contributed by atoms with Crippen molar-refractivity contribution in [2.75, 3.05) is 12.4 Å². The average molecular weight is 279 g/mol. The maximum absolute atomic E-state index is 14.0. The summed E-state index contributed by atoms with van der Waals surface area (Å²) in [5.74, 6) is -0.303. The van der Waals surface area contributed by atoms with Crippen LogP contribution in [-0.4, -0.2) is 12.0 Å². The maximum atomic E-state index is 14.0. The van der Waals surface area contributed by atoms with Crippen LogP contribution in [-0.2, 0) is 12.8 Å². The number of nitrogens with one attached hydrogen (secondary N) is 1. The zero-order valence-corrected chi connectivity index (χ0v) is 11.6. The van der Waals surface area contributed by atoms with Crippen LogP contribution in [0.15, 0.2) is 12.1 Å². The number of fused-ring (bicyclic) bond motifs is 2. The SMILES string of the molecule is CNc1c2c(nc3c(F)ccc(Cl)c13)CCCCC2. The van der Waals surface area contributed by atoms with Gasteiger partial charge < -0.3 is 5.32 Å². The minimum absolute atomic E-state index is 0.303. The van der Waals surface area contributed by atoms with Crippen molar-refractivity contribution in [1.29, 1.82) is 0 Å². The molecule has 0 aliphatic heterocycles. The molecule has 1 aromatic carbocycles. The average Bonchev–Trinajstić information content (AvgIpc) is 2.66. The molecular formula is C15H16ClFN2. The Kier molecular flexibility index (Phi) is 3.31. The van der Waals surface area contributed by atoms with Crippen molar-refractivity contribution in [2.45, 2.75) is 32.1 Å². The Bertz CT molecular complexity index is 640. The first-order chi connectivity index (χ1) is 9.22. The van der Waals surface area contributed by atoms with Crippen LogP contribution in [0.1, 0.15) is 30.5 Å². The van der Waals surface area contributed by atoms with Gasteiger partial charge in [0.05, 0.1) is 5.02 Å². The van der Waals surface area contributed by atoms with E-state index in [1.54, 1.807) is 6.07 Å². The van der Waals surface area contributed by atoms with Crippen molar-refractivity contribution in [3.8, 4) is 0 Å². The number of aryl methyl sites for hydroxylation is 1. The van der Waals surface area contributed by atoms with E-state index < -0.39 is 0 Å². The van der Waals surface area contributed by atoms with E-state index in [0.717, 1.165) is 37.1 Å². The second kappa shape index (κ2) is 4.97. The molecule has 1 aromatic heterocycles. The van der Waals surface area contributed by atoms with Gasteiger partial charge in [0.2, 0.25) is 0 Å². The van der Waals surface area contributed by atoms with Gasteiger partial charge in [0.1, 0.15) is 11.3 Å². The van der Waals surface area contributed by atoms with Gasteiger partial charge in [-0.3, -0.25) is 0 Å². The molecule has 2 aromatic rings. The Balaban J connectivity index is 2.39. The second-order valence-electron chi connectivity index (χ2n) is 4.98. The van der Waals surface area contributed by atoms with Gasteiger partial charge in [0.15, 0.2) is 0 Å². The van der Waals surface area contributed by atoms with Gasteiger partial charge in [0.25, 0.3) is 0 Å². The molecule has 0 bridgehead atoms. The fraction of sp³-hybridized carbons (Fsp3) is 0.400. The van der Waals surface area contributed by atoms with Crippen molar-refractivity contribution in [1.82, 2.24) is 4.98 Å². The molecule has 2 nitrogen and oxygen atoms in total. The van der Waals surface area contributed by atoms with E-state index in [9.17, 15) is 4.39 Å². The normalized spacial score (nSPS) is 15.1. The Hall–Kier alpha value is -1.35. The number of halogens is 2. The van der Waals surface area contributed by atoms with Gasteiger partial charge in [-0.25, -0.2) is 9.37 Å². The highest BCUT2D eigenvalue weighted by molar-refractivity contribution is 6.36. The molecular weight excluding hydrogens is 263 g/mol. The van der Waals surface area contributed by atoms with Crippen LogP contribution < -0.4 is 5.32 Å². The molecule has 100 valence electrons. The quantitative estimate of drug-likeness (QED) is 0.785. The van der Waals surface area contributed by atoms with E-state index in [-0.39, 0.29) is 5.82 Å². The molecule has 0 saturated carbocycles. The van der Waals surface area contributed by atoms with E-state index in [1.807, 2.05) is 7.05 Å². The Labute approximate surface area is 117 Å². The van der Waals surface area contributed by atoms with E-state index in [2.05, 4.69) is 10.3 Å². The van der Waals surface area contributed by atoms with E-state index in [0.29, 0.717) is 15.9 Å². The number of hydrogen-bond donors (Lipinski definition) is 1. The number of rotatable bonds is 1. The fourth-order valence-corrected chi connectivity index (χ4v) is 3.16. The molecule has 4 heteroatoms. The molecule has 0 unspecified atom stereocenters. The third kappa shape index (κ3) is 2.06. The van der Waals surface area contributed by atoms with E-state index in [1.165, 1.54) is 18.1 Å². The van der Waals surface area contributed by atoms with Crippen LogP contribution in [0.4, 0.5) is 10.1 Å². The number of aromatic nitrogens is 1. The van der Waals surface area contributed by atoms with Gasteiger partial charge in [-0.05, 0) is 43.4 Å². The molecule has 3 rings (SSSR count). The minimum Gasteiger partial charge on any atom is -0.387 e. The monoisotopic (exact) mass is 278 g/mol. The third-order valence-electron chi connectivity index (χ3n) is 3.82. The molecule has 0 spiro atoms. The van der Waals surface area contributed by atoms with Gasteiger partial charge >= 0.3 is 0 Å². The van der Waals surface area contributed by atoms with Gasteiger partial charge in [-0.1, -0.05) is 18.0 Å². The van der Waals surface area contributed by atoms with Crippen LogP contribution in [0, 0.1) is 5.82 Å². The van der Waals surface area contributed by atoms with Crippen molar-refractivity contribution >= 4 is 28.2 Å². The molecule has 1 aliphatic rings. The van der Waals surface area contributed by atoms with Crippen LogP contribution >= 0.6 is 11.6 Å². The van der Waals surface area contributed by atoms with Gasteiger partial charge in [-0.2, -0.15) is 0 Å². The topological polar surface area (TPSA) is 24.9 Å². The molecule has 0 saturated heterocycles. The summed E-state index contributed by atoms with van der Waals surface area (Å²) in [6.45, 7) is 0. The summed E-state index contributed by atoms with van der Waals surface area (Å²) in [5, 5.41) is 4.47.